The normalized spacial score (nSPS) is 11.1. The molecule has 3 heteroatoms. The van der Waals surface area contributed by atoms with Crippen LogP contribution >= 0.6 is 0 Å². The maximum atomic E-state index is 3.91. The Morgan fingerprint density at radius 3 is 2.77 bits per heavy atom. The summed E-state index contributed by atoms with van der Waals surface area (Å²) in [4.78, 5) is 7.63. The highest BCUT2D eigenvalue weighted by Gasteiger charge is 1.94. The average Bonchev–Trinajstić information content (AvgIpc) is 2.14. The summed E-state index contributed by atoms with van der Waals surface area (Å²) in [7, 11) is 1.67. The number of aryl methyl sites for hydroxylation is 1. The minimum absolute atomic E-state index is 0.533. The first-order chi connectivity index (χ1) is 6.26. The highest BCUT2D eigenvalue weighted by atomic mass is 15.1. The van der Waals surface area contributed by atoms with Gasteiger partial charge in [-0.05, 0) is 31.3 Å². The van der Waals surface area contributed by atoms with Crippen LogP contribution < -0.4 is 5.32 Å². The Kier molecular flexibility index (Phi) is 3.20. The van der Waals surface area contributed by atoms with E-state index in [-0.39, 0.29) is 0 Å². The van der Waals surface area contributed by atoms with Gasteiger partial charge < -0.3 is 5.32 Å². The van der Waals surface area contributed by atoms with Crippen molar-refractivity contribution >= 4 is 18.4 Å². The summed E-state index contributed by atoms with van der Waals surface area (Å²) >= 11 is 0. The summed E-state index contributed by atoms with van der Waals surface area (Å²) < 4.78 is 0. The van der Waals surface area contributed by atoms with E-state index < -0.39 is 0 Å². The van der Waals surface area contributed by atoms with E-state index in [1.54, 1.807) is 7.05 Å². The lowest BCUT2D eigenvalue weighted by Crippen LogP contribution is -2.08. The molecule has 0 aromatic heterocycles. The third-order valence-corrected chi connectivity index (χ3v) is 1.64. The summed E-state index contributed by atoms with van der Waals surface area (Å²) in [6, 6.07) is 8.00. The predicted molar refractivity (Wildman–Crippen MR) is 57.7 cm³/mol. The van der Waals surface area contributed by atoms with E-state index in [0.717, 1.165) is 5.69 Å². The van der Waals surface area contributed by atoms with Gasteiger partial charge in [-0.25, -0.2) is 4.99 Å². The van der Waals surface area contributed by atoms with Crippen LogP contribution in [0.4, 0.5) is 5.69 Å². The lowest BCUT2D eigenvalue weighted by atomic mass is 10.2. The first-order valence-electron chi connectivity index (χ1n) is 4.03. The molecule has 0 atom stereocenters. The first-order valence-corrected chi connectivity index (χ1v) is 4.03. The van der Waals surface area contributed by atoms with Crippen LogP contribution in [-0.2, 0) is 0 Å². The van der Waals surface area contributed by atoms with Crippen molar-refractivity contribution < 1.29 is 0 Å². The van der Waals surface area contributed by atoms with Crippen molar-refractivity contribution in [3.05, 3.63) is 29.8 Å². The van der Waals surface area contributed by atoms with E-state index in [4.69, 9.17) is 0 Å². The molecule has 0 bridgehead atoms. The highest BCUT2D eigenvalue weighted by Crippen LogP contribution is 2.09. The maximum absolute atomic E-state index is 3.91. The molecule has 0 aliphatic rings. The summed E-state index contributed by atoms with van der Waals surface area (Å²) in [6.07, 6.45) is 0. The van der Waals surface area contributed by atoms with Crippen LogP contribution in [0.15, 0.2) is 34.3 Å². The molecule has 0 heterocycles. The van der Waals surface area contributed by atoms with Crippen molar-refractivity contribution in [1.29, 1.82) is 0 Å². The van der Waals surface area contributed by atoms with Crippen molar-refractivity contribution in [3.8, 4) is 0 Å². The van der Waals surface area contributed by atoms with Crippen LogP contribution in [0.25, 0.3) is 0 Å². The molecule has 1 aromatic rings. The van der Waals surface area contributed by atoms with E-state index in [1.165, 1.54) is 5.56 Å². The maximum Gasteiger partial charge on any atom is 0.221 e. The van der Waals surface area contributed by atoms with E-state index in [2.05, 4.69) is 22.0 Å². The third-order valence-electron chi connectivity index (χ3n) is 1.64. The van der Waals surface area contributed by atoms with Crippen molar-refractivity contribution in [3.63, 3.8) is 0 Å². The smallest absolute Gasteiger partial charge is 0.221 e. The fourth-order valence-electron chi connectivity index (χ4n) is 1.02. The monoisotopic (exact) mass is 175 g/mol. The zero-order chi connectivity index (χ0) is 9.68. The zero-order valence-electron chi connectivity index (χ0n) is 7.91. The second kappa shape index (κ2) is 4.40. The molecule has 0 fully saturated rings. The molecule has 68 valence electrons. The molecule has 1 rings (SSSR count). The fourth-order valence-corrected chi connectivity index (χ4v) is 1.02. The predicted octanol–water partition coefficient (Wildman–Crippen LogP) is 2.09. The number of anilines is 1. The third kappa shape index (κ3) is 2.71. The number of hydrogen-bond acceptors (Lipinski definition) is 1. The molecule has 1 aromatic carbocycles. The number of nitrogens with zero attached hydrogens (tertiary/aromatic N) is 2. The fraction of sp³-hybridized carbons (Fsp3) is 0.200. The van der Waals surface area contributed by atoms with Gasteiger partial charge in [-0.1, -0.05) is 12.1 Å². The first kappa shape index (κ1) is 9.45. The molecule has 0 saturated carbocycles. The highest BCUT2D eigenvalue weighted by molar-refractivity contribution is 5.96. The number of guanidine groups is 1. The van der Waals surface area contributed by atoms with Gasteiger partial charge >= 0.3 is 0 Å². The number of aliphatic imine (C=N–C) groups is 2. The van der Waals surface area contributed by atoms with Gasteiger partial charge in [0.15, 0.2) is 0 Å². The Morgan fingerprint density at radius 1 is 1.46 bits per heavy atom. The lowest BCUT2D eigenvalue weighted by molar-refractivity contribution is 1.37. The van der Waals surface area contributed by atoms with Gasteiger partial charge in [-0.2, -0.15) is 0 Å². The average molecular weight is 175 g/mol. The van der Waals surface area contributed by atoms with Crippen molar-refractivity contribution in [1.82, 2.24) is 0 Å². The van der Waals surface area contributed by atoms with Crippen LogP contribution in [-0.4, -0.2) is 19.7 Å². The quantitative estimate of drug-likeness (QED) is 0.515. The molecule has 0 spiro atoms. The Balaban J connectivity index is 2.79. The van der Waals surface area contributed by atoms with Gasteiger partial charge in [0, 0.05) is 12.7 Å². The van der Waals surface area contributed by atoms with E-state index in [9.17, 15) is 0 Å². The number of nitrogens with one attached hydrogen (secondary N) is 1. The molecule has 0 saturated heterocycles. The SMILES string of the molecule is C=N/C(=N\C)Nc1cccc(C)c1. The van der Waals surface area contributed by atoms with Gasteiger partial charge in [0.1, 0.15) is 0 Å². The molecule has 13 heavy (non-hydrogen) atoms. The molecular formula is C10H13N3. The van der Waals surface area contributed by atoms with Gasteiger partial charge in [0.05, 0.1) is 0 Å². The van der Waals surface area contributed by atoms with E-state index in [0.29, 0.717) is 5.96 Å². The van der Waals surface area contributed by atoms with Crippen molar-refractivity contribution in [2.75, 3.05) is 12.4 Å². The Morgan fingerprint density at radius 2 is 2.23 bits per heavy atom. The largest absolute Gasteiger partial charge is 0.325 e. The summed E-state index contributed by atoms with van der Waals surface area (Å²) in [5.41, 5.74) is 2.18. The Bertz CT molecular complexity index is 329. The molecular weight excluding hydrogens is 162 g/mol. The van der Waals surface area contributed by atoms with Gasteiger partial charge in [-0.15, -0.1) is 0 Å². The zero-order valence-corrected chi connectivity index (χ0v) is 7.91. The van der Waals surface area contributed by atoms with Gasteiger partial charge in [0.2, 0.25) is 5.96 Å². The molecule has 0 aliphatic heterocycles. The second-order valence-corrected chi connectivity index (χ2v) is 2.70. The summed E-state index contributed by atoms with van der Waals surface area (Å²) in [5, 5.41) is 3.04. The Labute approximate surface area is 78.2 Å². The summed E-state index contributed by atoms with van der Waals surface area (Å²) in [6.45, 7) is 5.44. The topological polar surface area (TPSA) is 36.8 Å². The van der Waals surface area contributed by atoms with Crippen LogP contribution in [0.2, 0.25) is 0 Å². The lowest BCUT2D eigenvalue weighted by Gasteiger charge is -2.04. The molecule has 0 aliphatic carbocycles. The van der Waals surface area contributed by atoms with E-state index in [1.807, 2.05) is 31.2 Å². The molecule has 0 radical (unpaired) electrons. The standard InChI is InChI=1S/C10H13N3/c1-8-5-4-6-9(7-8)13-10(11-2)12-3/h4-7H,2H2,1,3H3,(H,12,13). The number of rotatable bonds is 1. The Hall–Kier alpha value is -1.64. The minimum atomic E-state index is 0.533. The number of hydrogen-bond donors (Lipinski definition) is 1. The summed E-state index contributed by atoms with van der Waals surface area (Å²) in [5.74, 6) is 0.533. The second-order valence-electron chi connectivity index (χ2n) is 2.70. The molecule has 0 amide bonds. The van der Waals surface area contributed by atoms with Gasteiger partial charge in [0.25, 0.3) is 0 Å². The van der Waals surface area contributed by atoms with Gasteiger partial charge in [-0.3, -0.25) is 4.99 Å². The number of benzene rings is 1. The van der Waals surface area contributed by atoms with Crippen LogP contribution in [0, 0.1) is 6.92 Å². The van der Waals surface area contributed by atoms with E-state index >= 15 is 0 Å². The molecule has 1 N–H and O–H groups in total. The molecule has 0 unspecified atom stereocenters. The van der Waals surface area contributed by atoms with Crippen LogP contribution in [0.5, 0.6) is 0 Å². The van der Waals surface area contributed by atoms with Crippen molar-refractivity contribution in [2.24, 2.45) is 9.98 Å². The van der Waals surface area contributed by atoms with Crippen LogP contribution in [0.1, 0.15) is 5.56 Å². The van der Waals surface area contributed by atoms with Crippen molar-refractivity contribution in [2.45, 2.75) is 6.92 Å². The molecule has 3 nitrogen and oxygen atoms in total. The minimum Gasteiger partial charge on any atom is -0.325 e. The van der Waals surface area contributed by atoms with Crippen LogP contribution in [0.3, 0.4) is 0 Å².